The lowest BCUT2D eigenvalue weighted by Crippen LogP contribution is -2.53. The fourth-order valence-electron chi connectivity index (χ4n) is 4.31. The molecule has 4 heteroatoms. The van der Waals surface area contributed by atoms with Crippen molar-refractivity contribution in [1.29, 1.82) is 0 Å². The van der Waals surface area contributed by atoms with Crippen LogP contribution in [0, 0.1) is 0 Å². The van der Waals surface area contributed by atoms with E-state index in [1.807, 2.05) is 12.3 Å². The molecular formula is C16H26N4. The normalized spacial score (nSPS) is 24.1. The molecule has 2 aliphatic rings. The number of nitrogens with zero attached hydrogens (tertiary/aromatic N) is 2. The van der Waals surface area contributed by atoms with Crippen LogP contribution in [0.1, 0.15) is 50.1 Å². The van der Waals surface area contributed by atoms with Crippen molar-refractivity contribution >= 4 is 5.69 Å². The summed E-state index contributed by atoms with van der Waals surface area (Å²) in [6, 6.07) is 2.21. The van der Waals surface area contributed by atoms with E-state index in [1.165, 1.54) is 57.2 Å². The van der Waals surface area contributed by atoms with Gasteiger partial charge >= 0.3 is 0 Å². The summed E-state index contributed by atoms with van der Waals surface area (Å²) in [6.45, 7) is 2.47. The van der Waals surface area contributed by atoms with E-state index >= 15 is 0 Å². The second kappa shape index (κ2) is 5.70. The second-order valence-electron chi connectivity index (χ2n) is 6.23. The number of rotatable bonds is 4. The summed E-state index contributed by atoms with van der Waals surface area (Å²) in [5, 5.41) is 3.56. The van der Waals surface area contributed by atoms with Gasteiger partial charge in [0.15, 0.2) is 0 Å². The Labute approximate surface area is 121 Å². The molecular weight excluding hydrogens is 248 g/mol. The first-order valence-electron chi connectivity index (χ1n) is 7.89. The van der Waals surface area contributed by atoms with Crippen LogP contribution >= 0.6 is 0 Å². The molecule has 1 unspecified atom stereocenters. The molecule has 0 amide bonds. The van der Waals surface area contributed by atoms with Crippen molar-refractivity contribution in [1.82, 2.24) is 15.2 Å². The monoisotopic (exact) mass is 274 g/mol. The molecule has 3 N–H and O–H groups in total. The van der Waals surface area contributed by atoms with E-state index in [9.17, 15) is 0 Å². The molecule has 110 valence electrons. The number of hydrogen-bond acceptors (Lipinski definition) is 4. The standard InChI is InChI=1S/C16H26N4/c1-18-15(13-12-19-9-6-14(13)17)16(7-2-3-8-16)20-10-4-5-11-20/h6,9,12,15,18H,2-5,7-8,10-11H2,1H3,(H2,17,19). The zero-order valence-electron chi connectivity index (χ0n) is 12.4. The van der Waals surface area contributed by atoms with E-state index in [4.69, 9.17) is 5.73 Å². The minimum Gasteiger partial charge on any atom is -0.398 e. The lowest BCUT2D eigenvalue weighted by Gasteiger charge is -2.45. The Morgan fingerprint density at radius 3 is 2.55 bits per heavy atom. The Balaban J connectivity index is 1.98. The summed E-state index contributed by atoms with van der Waals surface area (Å²) in [7, 11) is 2.06. The predicted octanol–water partition coefficient (Wildman–Crippen LogP) is 2.33. The number of likely N-dealkylation sites (tertiary alicyclic amines) is 1. The summed E-state index contributed by atoms with van der Waals surface area (Å²) in [5.41, 5.74) is 8.50. The van der Waals surface area contributed by atoms with Gasteiger partial charge in [0.25, 0.3) is 0 Å². The molecule has 3 rings (SSSR count). The topological polar surface area (TPSA) is 54.2 Å². The highest BCUT2D eigenvalue weighted by atomic mass is 15.2. The van der Waals surface area contributed by atoms with E-state index < -0.39 is 0 Å². The highest BCUT2D eigenvalue weighted by Crippen LogP contribution is 2.46. The fraction of sp³-hybridized carbons (Fsp3) is 0.688. The number of hydrogen-bond donors (Lipinski definition) is 2. The average Bonchev–Trinajstić information content (AvgIpc) is 3.12. The molecule has 0 bridgehead atoms. The summed E-state index contributed by atoms with van der Waals surface area (Å²) < 4.78 is 0. The van der Waals surface area contributed by atoms with E-state index in [0.717, 1.165) is 5.69 Å². The molecule has 1 aromatic rings. The van der Waals surface area contributed by atoms with Gasteiger partial charge in [-0.3, -0.25) is 9.88 Å². The number of nitrogens with one attached hydrogen (secondary N) is 1. The van der Waals surface area contributed by atoms with Crippen LogP contribution in [0.3, 0.4) is 0 Å². The number of anilines is 1. The summed E-state index contributed by atoms with van der Waals surface area (Å²) >= 11 is 0. The molecule has 1 aromatic heterocycles. The zero-order valence-corrected chi connectivity index (χ0v) is 12.4. The third-order valence-electron chi connectivity index (χ3n) is 5.23. The van der Waals surface area contributed by atoms with E-state index in [1.54, 1.807) is 6.20 Å². The molecule has 1 saturated carbocycles. The average molecular weight is 274 g/mol. The van der Waals surface area contributed by atoms with Gasteiger partial charge in [0, 0.05) is 29.2 Å². The van der Waals surface area contributed by atoms with Crippen molar-refractivity contribution in [3.8, 4) is 0 Å². The third kappa shape index (κ3) is 2.21. The molecule has 2 heterocycles. The van der Waals surface area contributed by atoms with Crippen molar-refractivity contribution in [2.75, 3.05) is 25.9 Å². The highest BCUT2D eigenvalue weighted by Gasteiger charge is 2.47. The lowest BCUT2D eigenvalue weighted by molar-refractivity contribution is 0.0798. The quantitative estimate of drug-likeness (QED) is 0.885. The van der Waals surface area contributed by atoms with Gasteiger partial charge in [-0.05, 0) is 51.9 Å². The second-order valence-corrected chi connectivity index (χ2v) is 6.23. The molecule has 2 fully saturated rings. The maximum Gasteiger partial charge on any atom is 0.0540 e. The molecule has 1 atom stereocenters. The summed E-state index contributed by atoms with van der Waals surface area (Å²) in [6.07, 6.45) is 11.6. The minimum atomic E-state index is 0.238. The van der Waals surface area contributed by atoms with Crippen molar-refractivity contribution in [2.24, 2.45) is 0 Å². The first kappa shape index (κ1) is 13.8. The highest BCUT2D eigenvalue weighted by molar-refractivity contribution is 5.47. The Bertz CT molecular complexity index is 448. The zero-order chi connectivity index (χ0) is 14.0. The maximum atomic E-state index is 6.22. The van der Waals surface area contributed by atoms with Crippen LogP contribution in [-0.4, -0.2) is 35.6 Å². The smallest absolute Gasteiger partial charge is 0.0540 e. The van der Waals surface area contributed by atoms with Gasteiger partial charge in [-0.1, -0.05) is 12.8 Å². The van der Waals surface area contributed by atoms with Crippen molar-refractivity contribution in [2.45, 2.75) is 50.1 Å². The summed E-state index contributed by atoms with van der Waals surface area (Å²) in [5.74, 6) is 0. The third-order valence-corrected chi connectivity index (χ3v) is 5.23. The molecule has 0 radical (unpaired) electrons. The number of nitrogens with two attached hydrogens (primary N) is 1. The van der Waals surface area contributed by atoms with Crippen molar-refractivity contribution < 1.29 is 0 Å². The van der Waals surface area contributed by atoms with Crippen LogP contribution in [-0.2, 0) is 0 Å². The lowest BCUT2D eigenvalue weighted by atomic mass is 9.82. The molecule has 1 aliphatic carbocycles. The van der Waals surface area contributed by atoms with Crippen LogP contribution in [0.25, 0.3) is 0 Å². The molecule has 0 spiro atoms. The SMILES string of the molecule is CNC(c1cnccc1N)C1(N2CCCC2)CCCC1. The van der Waals surface area contributed by atoms with Crippen LogP contribution < -0.4 is 11.1 Å². The Hall–Kier alpha value is -1.13. The van der Waals surface area contributed by atoms with Gasteiger partial charge in [0.1, 0.15) is 0 Å². The fourth-order valence-corrected chi connectivity index (χ4v) is 4.31. The van der Waals surface area contributed by atoms with Crippen molar-refractivity contribution in [3.63, 3.8) is 0 Å². The van der Waals surface area contributed by atoms with Gasteiger partial charge in [-0.15, -0.1) is 0 Å². The number of aromatic nitrogens is 1. The van der Waals surface area contributed by atoms with Gasteiger partial charge in [0.2, 0.25) is 0 Å². The van der Waals surface area contributed by atoms with Crippen molar-refractivity contribution in [3.05, 3.63) is 24.0 Å². The molecule has 4 nitrogen and oxygen atoms in total. The van der Waals surface area contributed by atoms with E-state index in [0.29, 0.717) is 0 Å². The van der Waals surface area contributed by atoms with E-state index in [-0.39, 0.29) is 11.6 Å². The van der Waals surface area contributed by atoms with Gasteiger partial charge in [-0.2, -0.15) is 0 Å². The van der Waals surface area contributed by atoms with Crippen LogP contribution in [0.15, 0.2) is 18.5 Å². The van der Waals surface area contributed by atoms with Gasteiger partial charge < -0.3 is 11.1 Å². The predicted molar refractivity (Wildman–Crippen MR) is 82.5 cm³/mol. The van der Waals surface area contributed by atoms with Gasteiger partial charge in [0.05, 0.1) is 6.04 Å². The Morgan fingerprint density at radius 2 is 1.95 bits per heavy atom. The molecule has 0 aromatic carbocycles. The van der Waals surface area contributed by atoms with Crippen LogP contribution in [0.5, 0.6) is 0 Å². The van der Waals surface area contributed by atoms with Gasteiger partial charge in [-0.25, -0.2) is 0 Å². The molecule has 1 aliphatic heterocycles. The molecule has 1 saturated heterocycles. The Kier molecular flexibility index (Phi) is 3.94. The largest absolute Gasteiger partial charge is 0.398 e. The minimum absolute atomic E-state index is 0.238. The first-order chi connectivity index (χ1) is 9.78. The Morgan fingerprint density at radius 1 is 1.25 bits per heavy atom. The van der Waals surface area contributed by atoms with Crippen LogP contribution in [0.4, 0.5) is 5.69 Å². The maximum absolute atomic E-state index is 6.22. The first-order valence-corrected chi connectivity index (χ1v) is 7.89. The number of nitrogen functional groups attached to an aromatic ring is 1. The van der Waals surface area contributed by atoms with E-state index in [2.05, 4.69) is 22.2 Å². The number of pyridine rings is 1. The number of likely N-dealkylation sites (N-methyl/N-ethyl adjacent to an activating group) is 1. The summed E-state index contributed by atoms with van der Waals surface area (Å²) in [4.78, 5) is 7.02. The van der Waals surface area contributed by atoms with Crippen LogP contribution in [0.2, 0.25) is 0 Å². The molecule has 20 heavy (non-hydrogen) atoms.